The summed E-state index contributed by atoms with van der Waals surface area (Å²) in [4.78, 5) is 0. The summed E-state index contributed by atoms with van der Waals surface area (Å²) >= 11 is -0.289. The minimum absolute atomic E-state index is 0.289. The summed E-state index contributed by atoms with van der Waals surface area (Å²) in [5, 5.41) is 0. The van der Waals surface area contributed by atoms with Crippen molar-refractivity contribution < 1.29 is 0 Å². The second-order valence-electron chi connectivity index (χ2n) is 1.69. The second kappa shape index (κ2) is 2.42. The molecule has 1 saturated carbocycles. The fraction of sp³-hybridized carbons (Fsp3) is 1.00. The van der Waals surface area contributed by atoms with Gasteiger partial charge in [0.05, 0.1) is 0 Å². The fourth-order valence-corrected chi connectivity index (χ4v) is 4.58. The molecule has 0 aromatic rings. The van der Waals surface area contributed by atoms with E-state index in [9.17, 15) is 0 Å². The third-order valence-electron chi connectivity index (χ3n) is 1.22. The Balaban J connectivity index is 2.16. The fourth-order valence-electron chi connectivity index (χ4n) is 0.492. The summed E-state index contributed by atoms with van der Waals surface area (Å²) in [7, 11) is 5.01. The van der Waals surface area contributed by atoms with Gasteiger partial charge in [-0.1, -0.05) is 0 Å². The first-order valence-corrected chi connectivity index (χ1v) is 8.89. The Morgan fingerprint density at radius 3 is 2.17 bits per heavy atom. The molecule has 0 amide bonds. The Kier molecular flexibility index (Phi) is 2.12. The summed E-state index contributed by atoms with van der Waals surface area (Å²) < 4.78 is 1.11. The van der Waals surface area contributed by atoms with Crippen molar-refractivity contribution in [2.24, 2.45) is 0 Å². The van der Waals surface area contributed by atoms with Crippen molar-refractivity contribution in [3.8, 4) is 0 Å². The molecule has 1 rings (SSSR count). The predicted molar refractivity (Wildman–Crippen MR) is 30.9 cm³/mol. The van der Waals surface area contributed by atoms with Gasteiger partial charge in [0.2, 0.25) is 0 Å². The van der Waals surface area contributed by atoms with Crippen molar-refractivity contribution in [1.82, 2.24) is 0 Å². The molecule has 2 heteroatoms. The van der Waals surface area contributed by atoms with Gasteiger partial charge in [0.15, 0.2) is 0 Å². The van der Waals surface area contributed by atoms with Gasteiger partial charge in [-0.15, -0.1) is 0 Å². The van der Waals surface area contributed by atoms with Crippen molar-refractivity contribution >= 4 is 30.1 Å². The Morgan fingerprint density at radius 2 is 2.17 bits per heavy atom. The third-order valence-corrected chi connectivity index (χ3v) is 7.01. The zero-order valence-corrected chi connectivity index (χ0v) is 7.85. The molecule has 34 valence electrons. The first kappa shape index (κ1) is 5.24. The zero-order chi connectivity index (χ0) is 4.41. The topological polar surface area (TPSA) is 0 Å². The Labute approximate surface area is 52.8 Å². The van der Waals surface area contributed by atoms with Crippen molar-refractivity contribution in [2.75, 3.05) is 0 Å². The Hall–Kier alpha value is 1.10. The molecule has 0 heterocycles. The van der Waals surface area contributed by atoms with Crippen molar-refractivity contribution in [1.29, 1.82) is 0 Å². The molecule has 0 aromatic heterocycles. The SMILES string of the molecule is [S]=[Bi][CH]1CCC1. The molecule has 0 aromatic carbocycles. The standard InChI is InChI=1S/C4H7.Bi.S/c1-2-4-3-1;;/h1H,2-4H2;;. The van der Waals surface area contributed by atoms with E-state index in [4.69, 9.17) is 8.86 Å². The van der Waals surface area contributed by atoms with E-state index >= 15 is 0 Å². The van der Waals surface area contributed by atoms with Crippen molar-refractivity contribution in [2.45, 2.75) is 22.9 Å². The molecular formula is C4H7BiS. The number of hydrogen-bond acceptors (Lipinski definition) is 1. The van der Waals surface area contributed by atoms with E-state index in [-0.39, 0.29) is 21.2 Å². The quantitative estimate of drug-likeness (QED) is 0.665. The first-order chi connectivity index (χ1) is 2.93. The van der Waals surface area contributed by atoms with Crippen LogP contribution in [0.15, 0.2) is 0 Å². The van der Waals surface area contributed by atoms with Gasteiger partial charge >= 0.3 is 52.9 Å². The van der Waals surface area contributed by atoms with E-state index in [2.05, 4.69) is 0 Å². The Morgan fingerprint density at radius 1 is 1.50 bits per heavy atom. The molecule has 0 aliphatic heterocycles. The van der Waals surface area contributed by atoms with Crippen LogP contribution >= 0.6 is 8.86 Å². The van der Waals surface area contributed by atoms with E-state index < -0.39 is 0 Å². The molecule has 0 atom stereocenters. The van der Waals surface area contributed by atoms with Gasteiger partial charge in [-0.3, -0.25) is 0 Å². The second-order valence-corrected chi connectivity index (χ2v) is 7.20. The molecule has 0 unspecified atom stereocenters. The van der Waals surface area contributed by atoms with Crippen LogP contribution in [0.5, 0.6) is 0 Å². The van der Waals surface area contributed by atoms with E-state index in [0.717, 1.165) is 3.63 Å². The van der Waals surface area contributed by atoms with Crippen LogP contribution in [0.3, 0.4) is 0 Å². The first-order valence-electron chi connectivity index (χ1n) is 2.26. The van der Waals surface area contributed by atoms with Crippen LogP contribution in [0.2, 0.25) is 3.63 Å². The average Bonchev–Trinajstić information content (AvgIpc) is 1.31. The Bertz CT molecular complexity index is 58.6. The molecule has 0 radical (unpaired) electrons. The summed E-state index contributed by atoms with van der Waals surface area (Å²) in [6.45, 7) is 0. The van der Waals surface area contributed by atoms with Gasteiger partial charge in [-0.05, 0) is 0 Å². The monoisotopic (exact) mass is 296 g/mol. The van der Waals surface area contributed by atoms with Gasteiger partial charge in [0, 0.05) is 0 Å². The number of rotatable bonds is 1. The van der Waals surface area contributed by atoms with Gasteiger partial charge in [0.25, 0.3) is 0 Å². The minimum atomic E-state index is -0.289. The molecule has 0 bridgehead atoms. The molecule has 1 fully saturated rings. The summed E-state index contributed by atoms with van der Waals surface area (Å²) in [5.74, 6) is 0. The molecule has 1 aliphatic rings. The molecular weight excluding hydrogens is 289 g/mol. The van der Waals surface area contributed by atoms with Crippen LogP contribution < -0.4 is 0 Å². The van der Waals surface area contributed by atoms with E-state index in [0.29, 0.717) is 0 Å². The third kappa shape index (κ3) is 1.04. The van der Waals surface area contributed by atoms with Crippen LogP contribution in [0.25, 0.3) is 0 Å². The molecule has 0 saturated heterocycles. The van der Waals surface area contributed by atoms with Crippen molar-refractivity contribution in [3.05, 3.63) is 0 Å². The number of hydrogen-bond donors (Lipinski definition) is 0. The van der Waals surface area contributed by atoms with E-state index in [1.54, 1.807) is 0 Å². The van der Waals surface area contributed by atoms with Gasteiger partial charge in [-0.2, -0.15) is 0 Å². The summed E-state index contributed by atoms with van der Waals surface area (Å²) in [6, 6.07) is 0. The van der Waals surface area contributed by atoms with Crippen LogP contribution in [0, 0.1) is 0 Å². The molecule has 1 aliphatic carbocycles. The normalized spacial score (nSPS) is 22.7. The summed E-state index contributed by atoms with van der Waals surface area (Å²) in [6.07, 6.45) is 4.45. The van der Waals surface area contributed by atoms with Gasteiger partial charge < -0.3 is 0 Å². The molecule has 0 nitrogen and oxygen atoms in total. The summed E-state index contributed by atoms with van der Waals surface area (Å²) in [5.41, 5.74) is 0. The van der Waals surface area contributed by atoms with E-state index in [1.165, 1.54) is 19.3 Å². The van der Waals surface area contributed by atoms with Crippen LogP contribution in [0.4, 0.5) is 0 Å². The van der Waals surface area contributed by atoms with Crippen LogP contribution in [0.1, 0.15) is 19.3 Å². The van der Waals surface area contributed by atoms with Crippen LogP contribution in [-0.2, 0) is 0 Å². The molecule has 0 spiro atoms. The van der Waals surface area contributed by atoms with Crippen molar-refractivity contribution in [3.63, 3.8) is 0 Å². The predicted octanol–water partition coefficient (Wildman–Crippen LogP) is 1.78. The maximum absolute atomic E-state index is 5.01. The van der Waals surface area contributed by atoms with E-state index in [1.807, 2.05) is 0 Å². The van der Waals surface area contributed by atoms with Gasteiger partial charge in [-0.25, -0.2) is 0 Å². The average molecular weight is 296 g/mol. The molecule has 0 N–H and O–H groups in total. The zero-order valence-electron chi connectivity index (χ0n) is 3.55. The van der Waals surface area contributed by atoms with Crippen LogP contribution in [-0.4, -0.2) is 21.2 Å². The maximum atomic E-state index is 5.01. The van der Waals surface area contributed by atoms with Gasteiger partial charge in [0.1, 0.15) is 0 Å². The molecule has 6 heavy (non-hydrogen) atoms.